The number of nitrogens with one attached hydrogen (secondary N) is 1. The van der Waals surface area contributed by atoms with Crippen LogP contribution in [0.2, 0.25) is 0 Å². The molecule has 14 heavy (non-hydrogen) atoms. The maximum atomic E-state index is 3.49. The van der Waals surface area contributed by atoms with E-state index >= 15 is 0 Å². The van der Waals surface area contributed by atoms with E-state index in [9.17, 15) is 0 Å². The first-order chi connectivity index (χ1) is 6.88. The summed E-state index contributed by atoms with van der Waals surface area (Å²) in [4.78, 5) is 2.57. The molecule has 0 aromatic heterocycles. The summed E-state index contributed by atoms with van der Waals surface area (Å²) in [5.41, 5.74) is 0. The average Bonchev–Trinajstić information content (AvgIpc) is 2.30. The minimum Gasteiger partial charge on any atom is -0.315 e. The molecule has 0 bridgehead atoms. The third-order valence-electron chi connectivity index (χ3n) is 3.60. The van der Waals surface area contributed by atoms with Crippen LogP contribution in [0.1, 0.15) is 32.1 Å². The summed E-state index contributed by atoms with van der Waals surface area (Å²) >= 11 is 0. The number of nitrogens with zero attached hydrogens (tertiary/aromatic N) is 1. The van der Waals surface area contributed by atoms with Crippen molar-refractivity contribution in [2.45, 2.75) is 44.2 Å². The third-order valence-corrected chi connectivity index (χ3v) is 3.60. The Hall–Kier alpha value is -0.340. The van der Waals surface area contributed by atoms with Gasteiger partial charge in [-0.3, -0.25) is 4.90 Å². The molecule has 0 aromatic rings. The van der Waals surface area contributed by atoms with Crippen molar-refractivity contribution in [3.8, 4) is 0 Å². The van der Waals surface area contributed by atoms with Crippen molar-refractivity contribution in [1.29, 1.82) is 0 Å². The molecule has 2 heteroatoms. The van der Waals surface area contributed by atoms with E-state index < -0.39 is 0 Å². The molecule has 2 unspecified atom stereocenters. The molecule has 2 nitrogen and oxygen atoms in total. The average molecular weight is 194 g/mol. The topological polar surface area (TPSA) is 15.3 Å². The molecule has 0 amide bonds. The van der Waals surface area contributed by atoms with Crippen LogP contribution in [0, 0.1) is 0 Å². The summed E-state index contributed by atoms with van der Waals surface area (Å²) in [6.07, 6.45) is 11.5. The van der Waals surface area contributed by atoms with Crippen molar-refractivity contribution < 1.29 is 0 Å². The highest BCUT2D eigenvalue weighted by Crippen LogP contribution is 2.19. The summed E-state index contributed by atoms with van der Waals surface area (Å²) < 4.78 is 0. The summed E-state index contributed by atoms with van der Waals surface area (Å²) in [7, 11) is 2.29. The Morgan fingerprint density at radius 2 is 2.21 bits per heavy atom. The van der Waals surface area contributed by atoms with Crippen molar-refractivity contribution in [3.63, 3.8) is 0 Å². The SMILES string of the molecule is CN(C1C=CCCC1)C1CCCNC1. The van der Waals surface area contributed by atoms with Crippen LogP contribution in [-0.4, -0.2) is 37.1 Å². The van der Waals surface area contributed by atoms with Crippen LogP contribution in [0.25, 0.3) is 0 Å². The highest BCUT2D eigenvalue weighted by molar-refractivity contribution is 4.99. The minimum atomic E-state index is 0.702. The van der Waals surface area contributed by atoms with Gasteiger partial charge in [-0.25, -0.2) is 0 Å². The van der Waals surface area contributed by atoms with Gasteiger partial charge in [0.05, 0.1) is 0 Å². The molecule has 1 fully saturated rings. The lowest BCUT2D eigenvalue weighted by Gasteiger charge is -2.37. The van der Waals surface area contributed by atoms with Gasteiger partial charge in [0.1, 0.15) is 0 Å². The Morgan fingerprint density at radius 1 is 1.29 bits per heavy atom. The molecular formula is C12H22N2. The molecule has 80 valence electrons. The lowest BCUT2D eigenvalue weighted by Crippen LogP contribution is -2.48. The van der Waals surface area contributed by atoms with Gasteiger partial charge < -0.3 is 5.32 Å². The summed E-state index contributed by atoms with van der Waals surface area (Å²) in [6.45, 7) is 2.39. The van der Waals surface area contributed by atoms with E-state index in [0.717, 1.165) is 6.04 Å². The van der Waals surface area contributed by atoms with Gasteiger partial charge in [0.15, 0.2) is 0 Å². The van der Waals surface area contributed by atoms with Gasteiger partial charge in [-0.15, -0.1) is 0 Å². The number of likely N-dealkylation sites (N-methyl/N-ethyl adjacent to an activating group) is 1. The maximum Gasteiger partial charge on any atom is 0.0278 e. The highest BCUT2D eigenvalue weighted by atomic mass is 15.2. The second-order valence-corrected chi connectivity index (χ2v) is 4.59. The van der Waals surface area contributed by atoms with Crippen molar-refractivity contribution >= 4 is 0 Å². The largest absolute Gasteiger partial charge is 0.315 e. The monoisotopic (exact) mass is 194 g/mol. The van der Waals surface area contributed by atoms with E-state index in [1.807, 2.05) is 0 Å². The first kappa shape index (κ1) is 10.2. The zero-order chi connectivity index (χ0) is 9.80. The van der Waals surface area contributed by atoms with Gasteiger partial charge in [-0.05, 0) is 45.7 Å². The first-order valence-corrected chi connectivity index (χ1v) is 5.97. The van der Waals surface area contributed by atoms with Gasteiger partial charge in [0.25, 0.3) is 0 Å². The molecule has 1 N–H and O–H groups in total. The molecule has 1 saturated heterocycles. The van der Waals surface area contributed by atoms with Gasteiger partial charge >= 0.3 is 0 Å². The van der Waals surface area contributed by atoms with Crippen LogP contribution in [-0.2, 0) is 0 Å². The van der Waals surface area contributed by atoms with Crippen molar-refractivity contribution in [2.75, 3.05) is 20.1 Å². The Bertz CT molecular complexity index is 194. The fourth-order valence-electron chi connectivity index (χ4n) is 2.59. The van der Waals surface area contributed by atoms with Crippen LogP contribution in [0.4, 0.5) is 0 Å². The molecule has 0 aromatic carbocycles. The molecule has 1 heterocycles. The molecule has 0 spiro atoms. The highest BCUT2D eigenvalue weighted by Gasteiger charge is 2.23. The number of rotatable bonds is 2. The van der Waals surface area contributed by atoms with Crippen LogP contribution in [0.5, 0.6) is 0 Å². The third kappa shape index (κ3) is 2.37. The van der Waals surface area contributed by atoms with Gasteiger partial charge in [0.2, 0.25) is 0 Å². The molecule has 2 atom stereocenters. The van der Waals surface area contributed by atoms with Crippen LogP contribution in [0.15, 0.2) is 12.2 Å². The maximum absolute atomic E-state index is 3.49. The lowest BCUT2D eigenvalue weighted by molar-refractivity contribution is 0.160. The second kappa shape index (κ2) is 4.94. The Labute approximate surface area is 87.4 Å². The molecule has 1 aliphatic carbocycles. The van der Waals surface area contributed by atoms with E-state index in [4.69, 9.17) is 0 Å². The molecule has 2 aliphatic rings. The Kier molecular flexibility index (Phi) is 3.60. The van der Waals surface area contributed by atoms with E-state index in [1.165, 1.54) is 45.2 Å². The van der Waals surface area contributed by atoms with Gasteiger partial charge in [-0.2, -0.15) is 0 Å². The van der Waals surface area contributed by atoms with Crippen LogP contribution < -0.4 is 5.32 Å². The first-order valence-electron chi connectivity index (χ1n) is 5.97. The quantitative estimate of drug-likeness (QED) is 0.674. The molecular weight excluding hydrogens is 172 g/mol. The zero-order valence-corrected chi connectivity index (χ0v) is 9.21. The van der Waals surface area contributed by atoms with E-state index in [-0.39, 0.29) is 0 Å². The van der Waals surface area contributed by atoms with E-state index in [0.29, 0.717) is 6.04 Å². The fraction of sp³-hybridized carbons (Fsp3) is 0.833. The zero-order valence-electron chi connectivity index (χ0n) is 9.21. The van der Waals surface area contributed by atoms with Crippen molar-refractivity contribution in [2.24, 2.45) is 0 Å². The second-order valence-electron chi connectivity index (χ2n) is 4.59. The lowest BCUT2D eigenvalue weighted by atomic mass is 9.98. The smallest absolute Gasteiger partial charge is 0.0278 e. The van der Waals surface area contributed by atoms with Crippen LogP contribution in [0.3, 0.4) is 0 Å². The van der Waals surface area contributed by atoms with E-state index in [2.05, 4.69) is 29.4 Å². The number of hydrogen-bond acceptors (Lipinski definition) is 2. The number of piperidine rings is 1. The molecule has 0 radical (unpaired) electrons. The summed E-state index contributed by atoms with van der Waals surface area (Å²) in [6, 6.07) is 1.46. The van der Waals surface area contributed by atoms with Crippen LogP contribution >= 0.6 is 0 Å². The minimum absolute atomic E-state index is 0.702. The van der Waals surface area contributed by atoms with Crippen molar-refractivity contribution in [1.82, 2.24) is 10.2 Å². The molecule has 2 rings (SSSR count). The van der Waals surface area contributed by atoms with Gasteiger partial charge in [-0.1, -0.05) is 12.2 Å². The number of hydrogen-bond donors (Lipinski definition) is 1. The predicted molar refractivity (Wildman–Crippen MR) is 60.4 cm³/mol. The fourth-order valence-corrected chi connectivity index (χ4v) is 2.59. The normalized spacial score (nSPS) is 33.6. The summed E-state index contributed by atoms with van der Waals surface area (Å²) in [5.74, 6) is 0. The molecule has 1 aliphatic heterocycles. The Balaban J connectivity index is 1.88. The number of allylic oxidation sites excluding steroid dienone is 1. The summed E-state index contributed by atoms with van der Waals surface area (Å²) in [5, 5.41) is 3.49. The standard InChI is InChI=1S/C12H22N2/c1-14(11-6-3-2-4-7-11)12-8-5-9-13-10-12/h3,6,11-13H,2,4-5,7-10H2,1H3. The van der Waals surface area contributed by atoms with Crippen molar-refractivity contribution in [3.05, 3.63) is 12.2 Å². The van der Waals surface area contributed by atoms with Gasteiger partial charge in [0, 0.05) is 18.6 Å². The predicted octanol–water partition coefficient (Wildman–Crippen LogP) is 1.78. The van der Waals surface area contributed by atoms with E-state index in [1.54, 1.807) is 0 Å². The Morgan fingerprint density at radius 3 is 2.86 bits per heavy atom. The molecule has 0 saturated carbocycles.